The largest absolute Gasteiger partial charge is 0.289 e. The molecule has 2 aromatic rings. The fourth-order valence-corrected chi connectivity index (χ4v) is 3.05. The molecule has 2 rings (SSSR count). The van der Waals surface area contributed by atoms with E-state index in [2.05, 4.69) is 15.9 Å². The van der Waals surface area contributed by atoms with Crippen molar-refractivity contribution in [2.24, 2.45) is 0 Å². The van der Waals surface area contributed by atoms with E-state index in [1.54, 1.807) is 12.1 Å². The summed E-state index contributed by atoms with van der Waals surface area (Å²) in [7, 11) is 0. The highest BCUT2D eigenvalue weighted by atomic mass is 79.9. The summed E-state index contributed by atoms with van der Waals surface area (Å²) in [5.74, 6) is 0.00752. The van der Waals surface area contributed by atoms with Crippen LogP contribution in [0.25, 0.3) is 0 Å². The van der Waals surface area contributed by atoms with Crippen LogP contribution in [0.1, 0.15) is 21.5 Å². The van der Waals surface area contributed by atoms with E-state index in [-0.39, 0.29) is 5.78 Å². The van der Waals surface area contributed by atoms with Crippen LogP contribution in [0.5, 0.6) is 0 Å². The number of hydrogen-bond acceptors (Lipinski definition) is 2. The van der Waals surface area contributed by atoms with Gasteiger partial charge in [0.2, 0.25) is 0 Å². The quantitative estimate of drug-likeness (QED) is 0.734. The van der Waals surface area contributed by atoms with Crippen LogP contribution in [0.3, 0.4) is 0 Å². The van der Waals surface area contributed by atoms with Crippen LogP contribution >= 0.6 is 38.9 Å². The summed E-state index contributed by atoms with van der Waals surface area (Å²) in [6.07, 6.45) is 0. The third-order valence-corrected chi connectivity index (χ3v) is 4.24. The molecule has 0 aliphatic carbocycles. The monoisotopic (exact) mass is 314 g/mol. The van der Waals surface area contributed by atoms with Crippen LogP contribution in [0.15, 0.2) is 33.4 Å². The van der Waals surface area contributed by atoms with Crippen LogP contribution in [0.4, 0.5) is 0 Å². The molecule has 16 heavy (non-hydrogen) atoms. The molecule has 0 spiro atoms. The van der Waals surface area contributed by atoms with E-state index in [0.717, 1.165) is 10.0 Å². The standard InChI is InChI=1S/C12H8BrClOS/c1-7-2-3-8(14)4-9(7)12(15)10-5-16-6-11(10)13/h2-6H,1H3. The number of thiophene rings is 1. The van der Waals surface area contributed by atoms with Gasteiger partial charge in [-0.15, -0.1) is 0 Å². The molecule has 0 fully saturated rings. The van der Waals surface area contributed by atoms with Crippen molar-refractivity contribution in [2.45, 2.75) is 6.92 Å². The average Bonchev–Trinajstić information content (AvgIpc) is 2.67. The van der Waals surface area contributed by atoms with Crippen LogP contribution < -0.4 is 0 Å². The van der Waals surface area contributed by atoms with Crippen molar-refractivity contribution in [1.29, 1.82) is 0 Å². The summed E-state index contributed by atoms with van der Waals surface area (Å²) in [6, 6.07) is 5.36. The van der Waals surface area contributed by atoms with Crippen molar-refractivity contribution in [3.05, 3.63) is 55.1 Å². The van der Waals surface area contributed by atoms with Crippen molar-refractivity contribution in [2.75, 3.05) is 0 Å². The molecule has 1 aromatic heterocycles. The second kappa shape index (κ2) is 4.70. The van der Waals surface area contributed by atoms with Gasteiger partial charge in [-0.3, -0.25) is 4.79 Å². The van der Waals surface area contributed by atoms with Crippen molar-refractivity contribution < 1.29 is 4.79 Å². The number of ketones is 1. The number of halogens is 2. The summed E-state index contributed by atoms with van der Waals surface area (Å²) < 4.78 is 0.835. The lowest BCUT2D eigenvalue weighted by Crippen LogP contribution is -2.02. The van der Waals surface area contributed by atoms with E-state index in [0.29, 0.717) is 16.1 Å². The summed E-state index contributed by atoms with van der Waals surface area (Å²) in [5, 5.41) is 4.32. The Morgan fingerprint density at radius 1 is 1.31 bits per heavy atom. The van der Waals surface area contributed by atoms with E-state index in [4.69, 9.17) is 11.6 Å². The molecule has 0 N–H and O–H groups in total. The molecule has 4 heteroatoms. The molecule has 0 aliphatic heterocycles. The van der Waals surface area contributed by atoms with Gasteiger partial charge in [-0.05, 0) is 40.5 Å². The van der Waals surface area contributed by atoms with Gasteiger partial charge in [-0.25, -0.2) is 0 Å². The molecule has 0 bridgehead atoms. The van der Waals surface area contributed by atoms with Crippen LogP contribution in [0.2, 0.25) is 5.02 Å². The molecule has 1 nitrogen and oxygen atoms in total. The molecule has 0 saturated heterocycles. The van der Waals surface area contributed by atoms with Gasteiger partial charge in [0.15, 0.2) is 5.78 Å². The number of hydrogen-bond donors (Lipinski definition) is 0. The maximum atomic E-state index is 12.2. The van der Waals surface area contributed by atoms with Gasteiger partial charge in [0.25, 0.3) is 0 Å². The number of carbonyl (C=O) groups excluding carboxylic acids is 1. The summed E-state index contributed by atoms with van der Waals surface area (Å²) >= 11 is 10.8. The molecule has 0 unspecified atom stereocenters. The van der Waals surface area contributed by atoms with Crippen molar-refractivity contribution in [3.63, 3.8) is 0 Å². The normalized spacial score (nSPS) is 10.4. The molecule has 0 atom stereocenters. The Labute approximate surface area is 111 Å². The van der Waals surface area contributed by atoms with Crippen LogP contribution in [0, 0.1) is 6.92 Å². The molecule has 0 aliphatic rings. The van der Waals surface area contributed by atoms with Gasteiger partial charge in [-0.1, -0.05) is 17.7 Å². The summed E-state index contributed by atoms with van der Waals surface area (Å²) in [6.45, 7) is 1.91. The van der Waals surface area contributed by atoms with Crippen molar-refractivity contribution >= 4 is 44.7 Å². The Bertz CT molecular complexity index is 548. The Kier molecular flexibility index (Phi) is 3.47. The Hall–Kier alpha value is -0.640. The first-order valence-corrected chi connectivity index (χ1v) is 6.73. The minimum absolute atomic E-state index is 0.00752. The third kappa shape index (κ3) is 2.21. The fraction of sp³-hybridized carbons (Fsp3) is 0.0833. The molecule has 82 valence electrons. The Morgan fingerprint density at radius 3 is 2.69 bits per heavy atom. The smallest absolute Gasteiger partial charge is 0.195 e. The summed E-state index contributed by atoms with van der Waals surface area (Å²) in [4.78, 5) is 12.2. The van der Waals surface area contributed by atoms with Gasteiger partial charge >= 0.3 is 0 Å². The first-order valence-electron chi connectivity index (χ1n) is 4.62. The topological polar surface area (TPSA) is 17.1 Å². The maximum absolute atomic E-state index is 12.2. The zero-order valence-electron chi connectivity index (χ0n) is 8.46. The SMILES string of the molecule is Cc1ccc(Cl)cc1C(=O)c1cscc1Br. The van der Waals surface area contributed by atoms with E-state index >= 15 is 0 Å². The minimum atomic E-state index is 0.00752. The van der Waals surface area contributed by atoms with Gasteiger partial charge in [0, 0.05) is 31.4 Å². The lowest BCUT2D eigenvalue weighted by atomic mass is 10.0. The zero-order valence-corrected chi connectivity index (χ0v) is 11.6. The fourth-order valence-electron chi connectivity index (χ4n) is 1.43. The van der Waals surface area contributed by atoms with Crippen molar-refractivity contribution in [3.8, 4) is 0 Å². The van der Waals surface area contributed by atoms with Gasteiger partial charge < -0.3 is 0 Å². The number of benzene rings is 1. The highest BCUT2D eigenvalue weighted by molar-refractivity contribution is 9.10. The van der Waals surface area contributed by atoms with Crippen molar-refractivity contribution in [1.82, 2.24) is 0 Å². The van der Waals surface area contributed by atoms with Gasteiger partial charge in [0.1, 0.15) is 0 Å². The Morgan fingerprint density at radius 2 is 2.06 bits per heavy atom. The maximum Gasteiger partial charge on any atom is 0.195 e. The van der Waals surface area contributed by atoms with E-state index in [1.165, 1.54) is 11.3 Å². The number of aryl methyl sites for hydroxylation is 1. The van der Waals surface area contributed by atoms with E-state index < -0.39 is 0 Å². The predicted octanol–water partition coefficient (Wildman–Crippen LogP) is 4.70. The minimum Gasteiger partial charge on any atom is -0.289 e. The molecule has 0 saturated carbocycles. The van der Waals surface area contributed by atoms with Crippen LogP contribution in [-0.4, -0.2) is 5.78 Å². The molecular formula is C12H8BrClOS. The predicted molar refractivity (Wildman–Crippen MR) is 71.6 cm³/mol. The summed E-state index contributed by atoms with van der Waals surface area (Å²) in [5.41, 5.74) is 2.29. The van der Waals surface area contributed by atoms with Crippen LogP contribution in [-0.2, 0) is 0 Å². The molecule has 0 radical (unpaired) electrons. The lowest BCUT2D eigenvalue weighted by Gasteiger charge is -2.04. The highest BCUT2D eigenvalue weighted by Gasteiger charge is 2.15. The lowest BCUT2D eigenvalue weighted by molar-refractivity contribution is 0.103. The highest BCUT2D eigenvalue weighted by Crippen LogP contribution is 2.26. The van der Waals surface area contributed by atoms with E-state index in [1.807, 2.05) is 23.8 Å². The Balaban J connectivity index is 2.49. The molecular weight excluding hydrogens is 308 g/mol. The van der Waals surface area contributed by atoms with E-state index in [9.17, 15) is 4.79 Å². The zero-order chi connectivity index (χ0) is 11.7. The third-order valence-electron chi connectivity index (χ3n) is 2.30. The van der Waals surface area contributed by atoms with Gasteiger partial charge in [-0.2, -0.15) is 11.3 Å². The van der Waals surface area contributed by atoms with Gasteiger partial charge in [0.05, 0.1) is 0 Å². The molecule has 1 aromatic carbocycles. The average molecular weight is 316 g/mol. The first kappa shape index (κ1) is 11.8. The number of rotatable bonds is 2. The molecule has 0 amide bonds. The number of carbonyl (C=O) groups is 1. The molecule has 1 heterocycles. The first-order chi connectivity index (χ1) is 7.59. The second-order valence-corrected chi connectivity index (χ2v) is 5.46. The second-order valence-electron chi connectivity index (χ2n) is 3.42.